The summed E-state index contributed by atoms with van der Waals surface area (Å²) in [6, 6.07) is 6.02. The number of hydrogen-bond donors (Lipinski definition) is 1. The maximum Gasteiger partial charge on any atom is 0.226 e. The Balaban J connectivity index is 1.72. The molecule has 2 aliphatic heterocycles. The second kappa shape index (κ2) is 5.51. The molecule has 1 saturated heterocycles. The number of halogens is 1. The van der Waals surface area contributed by atoms with Gasteiger partial charge in [-0.2, -0.15) is 0 Å². The lowest BCUT2D eigenvalue weighted by Gasteiger charge is -2.33. The highest BCUT2D eigenvalue weighted by Gasteiger charge is 2.28. The molecule has 1 aromatic rings. The molecule has 0 unspecified atom stereocenters. The topological polar surface area (TPSA) is 32.3 Å². The van der Waals surface area contributed by atoms with Crippen molar-refractivity contribution in [3.63, 3.8) is 0 Å². The van der Waals surface area contributed by atoms with E-state index in [9.17, 15) is 4.79 Å². The number of carbonyl (C=O) groups excluding carboxylic acids is 1. The van der Waals surface area contributed by atoms with Gasteiger partial charge in [-0.15, -0.1) is 0 Å². The zero-order valence-corrected chi connectivity index (χ0v) is 11.7. The zero-order chi connectivity index (χ0) is 13.2. The summed E-state index contributed by atoms with van der Waals surface area (Å²) >= 11 is 6.04. The van der Waals surface area contributed by atoms with Gasteiger partial charge in [0, 0.05) is 24.0 Å². The Labute approximate surface area is 118 Å². The monoisotopic (exact) mass is 278 g/mol. The molecule has 1 aromatic carbocycles. The Kier molecular flexibility index (Phi) is 3.76. The van der Waals surface area contributed by atoms with Gasteiger partial charge in [-0.25, -0.2) is 0 Å². The second-order valence-electron chi connectivity index (χ2n) is 5.45. The van der Waals surface area contributed by atoms with E-state index in [4.69, 9.17) is 11.6 Å². The van der Waals surface area contributed by atoms with Gasteiger partial charge < -0.3 is 10.2 Å². The van der Waals surface area contributed by atoms with Crippen LogP contribution in [0.15, 0.2) is 18.2 Å². The van der Waals surface area contributed by atoms with Crippen molar-refractivity contribution < 1.29 is 4.79 Å². The Morgan fingerprint density at radius 1 is 1.26 bits per heavy atom. The van der Waals surface area contributed by atoms with Crippen LogP contribution in [0.2, 0.25) is 5.02 Å². The molecule has 2 heterocycles. The third-order valence-electron chi connectivity index (χ3n) is 4.18. The molecule has 19 heavy (non-hydrogen) atoms. The van der Waals surface area contributed by atoms with Crippen LogP contribution in [0.1, 0.15) is 24.0 Å². The summed E-state index contributed by atoms with van der Waals surface area (Å²) in [5.74, 6) is 0.536. The van der Waals surface area contributed by atoms with Crippen LogP contribution in [0, 0.1) is 5.92 Å². The van der Waals surface area contributed by atoms with Crippen LogP contribution in [0.5, 0.6) is 0 Å². The number of nitrogens with zero attached hydrogens (tertiary/aromatic N) is 1. The molecule has 1 N–H and O–H groups in total. The summed E-state index contributed by atoms with van der Waals surface area (Å²) in [7, 11) is 0. The second-order valence-corrected chi connectivity index (χ2v) is 5.88. The van der Waals surface area contributed by atoms with Gasteiger partial charge in [0.1, 0.15) is 0 Å². The molecule has 2 aliphatic rings. The smallest absolute Gasteiger partial charge is 0.226 e. The summed E-state index contributed by atoms with van der Waals surface area (Å²) in [4.78, 5) is 14.5. The normalized spacial score (nSPS) is 20.2. The highest BCUT2D eigenvalue weighted by molar-refractivity contribution is 6.30. The summed E-state index contributed by atoms with van der Waals surface area (Å²) < 4.78 is 0. The molecule has 3 nitrogen and oxygen atoms in total. The largest absolute Gasteiger partial charge is 0.338 e. The lowest BCUT2D eigenvalue weighted by Crippen LogP contribution is -2.43. The van der Waals surface area contributed by atoms with E-state index in [0.29, 0.717) is 5.91 Å². The highest BCUT2D eigenvalue weighted by Crippen LogP contribution is 2.25. The number of fused-ring (bicyclic) bond motifs is 1. The maximum absolute atomic E-state index is 12.5. The molecule has 0 atom stereocenters. The van der Waals surface area contributed by atoms with Crippen LogP contribution < -0.4 is 5.32 Å². The molecule has 102 valence electrons. The summed E-state index contributed by atoms with van der Waals surface area (Å²) in [5.41, 5.74) is 2.54. The fourth-order valence-electron chi connectivity index (χ4n) is 3.04. The Bertz CT molecular complexity index is 483. The average Bonchev–Trinajstić information content (AvgIpc) is 2.46. The van der Waals surface area contributed by atoms with E-state index in [1.54, 1.807) is 0 Å². The van der Waals surface area contributed by atoms with Gasteiger partial charge in [0.2, 0.25) is 5.91 Å². The van der Waals surface area contributed by atoms with Crippen LogP contribution in [-0.4, -0.2) is 30.4 Å². The van der Waals surface area contributed by atoms with Gasteiger partial charge in [-0.3, -0.25) is 4.79 Å². The third-order valence-corrected chi connectivity index (χ3v) is 4.42. The molecule has 4 heteroatoms. The molecule has 0 aromatic heterocycles. The number of piperidine rings is 1. The first-order valence-corrected chi connectivity index (χ1v) is 7.38. The van der Waals surface area contributed by atoms with Gasteiger partial charge in [-0.1, -0.05) is 17.7 Å². The number of amides is 1. The first-order valence-electron chi connectivity index (χ1n) is 7.01. The molecule has 3 rings (SSSR count). The van der Waals surface area contributed by atoms with E-state index < -0.39 is 0 Å². The third kappa shape index (κ3) is 2.77. The van der Waals surface area contributed by atoms with Crippen molar-refractivity contribution in [1.29, 1.82) is 0 Å². The maximum atomic E-state index is 12.5. The van der Waals surface area contributed by atoms with Gasteiger partial charge >= 0.3 is 0 Å². The molecule has 1 amide bonds. The van der Waals surface area contributed by atoms with Crippen molar-refractivity contribution in [2.45, 2.75) is 25.8 Å². The average molecular weight is 279 g/mol. The molecule has 1 fully saturated rings. The number of hydrogen-bond acceptors (Lipinski definition) is 2. The van der Waals surface area contributed by atoms with Crippen molar-refractivity contribution in [2.24, 2.45) is 5.92 Å². The van der Waals surface area contributed by atoms with E-state index in [1.807, 2.05) is 17.0 Å². The van der Waals surface area contributed by atoms with Crippen LogP contribution >= 0.6 is 11.6 Å². The minimum Gasteiger partial charge on any atom is -0.338 e. The first kappa shape index (κ1) is 12.9. The summed E-state index contributed by atoms with van der Waals surface area (Å²) in [5, 5.41) is 4.07. The van der Waals surface area contributed by atoms with Gasteiger partial charge in [-0.05, 0) is 55.6 Å². The lowest BCUT2D eigenvalue weighted by molar-refractivity contribution is -0.137. The predicted molar refractivity (Wildman–Crippen MR) is 76.2 cm³/mol. The minimum absolute atomic E-state index is 0.210. The Morgan fingerprint density at radius 2 is 2.05 bits per heavy atom. The van der Waals surface area contributed by atoms with Gasteiger partial charge in [0.15, 0.2) is 0 Å². The molecule has 0 aliphatic carbocycles. The van der Waals surface area contributed by atoms with E-state index in [2.05, 4.69) is 11.4 Å². The van der Waals surface area contributed by atoms with E-state index in [1.165, 1.54) is 11.1 Å². The molecule has 0 spiro atoms. The van der Waals surface area contributed by atoms with E-state index in [0.717, 1.165) is 50.5 Å². The molecular weight excluding hydrogens is 260 g/mol. The van der Waals surface area contributed by atoms with Crippen molar-refractivity contribution >= 4 is 17.5 Å². The lowest BCUT2D eigenvalue weighted by atomic mass is 9.94. The SMILES string of the molecule is O=C(C1CCNCC1)N1CCc2ccc(Cl)cc2C1. The summed E-state index contributed by atoms with van der Waals surface area (Å²) in [6.45, 7) is 3.50. The number of rotatable bonds is 1. The van der Waals surface area contributed by atoms with Crippen molar-refractivity contribution in [3.05, 3.63) is 34.3 Å². The fourth-order valence-corrected chi connectivity index (χ4v) is 3.24. The molecular formula is C15H19ClN2O. The van der Waals surface area contributed by atoms with Crippen LogP contribution in [0.4, 0.5) is 0 Å². The highest BCUT2D eigenvalue weighted by atomic mass is 35.5. The van der Waals surface area contributed by atoms with E-state index >= 15 is 0 Å². The zero-order valence-electron chi connectivity index (χ0n) is 11.0. The quantitative estimate of drug-likeness (QED) is 0.854. The van der Waals surface area contributed by atoms with Crippen molar-refractivity contribution in [3.8, 4) is 0 Å². The number of nitrogens with one attached hydrogen (secondary N) is 1. The van der Waals surface area contributed by atoms with Crippen molar-refractivity contribution in [2.75, 3.05) is 19.6 Å². The number of benzene rings is 1. The molecule has 0 saturated carbocycles. The Morgan fingerprint density at radius 3 is 2.84 bits per heavy atom. The standard InChI is InChI=1S/C15H19ClN2O/c16-14-2-1-11-5-8-18(10-13(11)9-14)15(19)12-3-6-17-7-4-12/h1-2,9,12,17H,3-8,10H2. The van der Waals surface area contributed by atoms with Crippen LogP contribution in [-0.2, 0) is 17.8 Å². The summed E-state index contributed by atoms with van der Waals surface area (Å²) in [6.07, 6.45) is 2.89. The van der Waals surface area contributed by atoms with Gasteiger partial charge in [0.25, 0.3) is 0 Å². The van der Waals surface area contributed by atoms with Crippen molar-refractivity contribution in [1.82, 2.24) is 10.2 Å². The Hall–Kier alpha value is -1.06. The fraction of sp³-hybridized carbons (Fsp3) is 0.533. The number of carbonyl (C=O) groups is 1. The minimum atomic E-state index is 0.210. The first-order chi connectivity index (χ1) is 9.24. The van der Waals surface area contributed by atoms with Gasteiger partial charge in [0.05, 0.1) is 0 Å². The van der Waals surface area contributed by atoms with E-state index in [-0.39, 0.29) is 5.92 Å². The molecule has 0 bridgehead atoms. The van der Waals surface area contributed by atoms with Crippen LogP contribution in [0.3, 0.4) is 0 Å². The molecule has 0 radical (unpaired) electrons. The van der Waals surface area contributed by atoms with Crippen LogP contribution in [0.25, 0.3) is 0 Å². The predicted octanol–water partition coefficient (Wildman–Crippen LogP) is 2.22.